The molecule has 0 aliphatic heterocycles. The summed E-state index contributed by atoms with van der Waals surface area (Å²) in [5, 5.41) is 0.990. The SMILES string of the molecule is CCOC(=O)c1[nH]c2ccc(Cl)c(C(=O)c3ccccc3)c2c1I. The average Bonchev–Trinajstić information content (AvgIpc) is 2.92. The Balaban J connectivity index is 2.23. The molecule has 3 aromatic rings. The average molecular weight is 454 g/mol. The minimum absolute atomic E-state index is 0.182. The second kappa shape index (κ2) is 6.94. The number of halogens is 2. The first kappa shape index (κ1) is 17.0. The van der Waals surface area contributed by atoms with E-state index in [0.717, 1.165) is 0 Å². The minimum Gasteiger partial charge on any atom is -0.461 e. The van der Waals surface area contributed by atoms with Gasteiger partial charge in [-0.05, 0) is 41.6 Å². The summed E-state index contributed by atoms with van der Waals surface area (Å²) in [4.78, 5) is 28.0. The number of fused-ring (bicyclic) bond motifs is 1. The van der Waals surface area contributed by atoms with Crippen LogP contribution in [-0.4, -0.2) is 23.3 Å². The molecule has 0 atom stereocenters. The Kier molecular flexibility index (Phi) is 4.91. The summed E-state index contributed by atoms with van der Waals surface area (Å²) in [5.41, 5.74) is 1.93. The van der Waals surface area contributed by atoms with Crippen LogP contribution in [0.1, 0.15) is 33.3 Å². The minimum atomic E-state index is -0.452. The van der Waals surface area contributed by atoms with Crippen molar-refractivity contribution in [1.29, 1.82) is 0 Å². The summed E-state index contributed by atoms with van der Waals surface area (Å²) in [6.45, 7) is 2.02. The Morgan fingerprint density at radius 1 is 1.17 bits per heavy atom. The lowest BCUT2D eigenvalue weighted by atomic mass is 10.00. The van der Waals surface area contributed by atoms with Crippen molar-refractivity contribution in [3.8, 4) is 0 Å². The number of ketones is 1. The van der Waals surface area contributed by atoms with E-state index < -0.39 is 5.97 Å². The Morgan fingerprint density at radius 3 is 2.54 bits per heavy atom. The van der Waals surface area contributed by atoms with Crippen LogP contribution in [0.2, 0.25) is 5.02 Å². The molecular formula is C18H13ClINO3. The number of H-pyrrole nitrogens is 1. The number of hydrogen-bond acceptors (Lipinski definition) is 3. The predicted molar refractivity (Wildman–Crippen MR) is 102 cm³/mol. The first-order valence-electron chi connectivity index (χ1n) is 7.31. The van der Waals surface area contributed by atoms with Crippen molar-refractivity contribution in [1.82, 2.24) is 4.98 Å². The fourth-order valence-electron chi connectivity index (χ4n) is 2.52. The van der Waals surface area contributed by atoms with Crippen molar-refractivity contribution in [2.24, 2.45) is 0 Å². The number of hydrogen-bond donors (Lipinski definition) is 1. The number of ether oxygens (including phenoxy) is 1. The zero-order chi connectivity index (χ0) is 17.3. The van der Waals surface area contributed by atoms with E-state index in [1.54, 1.807) is 43.3 Å². The zero-order valence-electron chi connectivity index (χ0n) is 12.7. The van der Waals surface area contributed by atoms with Gasteiger partial charge in [-0.2, -0.15) is 0 Å². The molecule has 2 aromatic carbocycles. The van der Waals surface area contributed by atoms with Gasteiger partial charge in [0.15, 0.2) is 5.78 Å². The Labute approximate surface area is 157 Å². The van der Waals surface area contributed by atoms with Crippen LogP contribution >= 0.6 is 34.2 Å². The summed E-state index contributed by atoms with van der Waals surface area (Å²) < 4.78 is 5.69. The monoisotopic (exact) mass is 453 g/mol. The van der Waals surface area contributed by atoms with Gasteiger partial charge in [0.1, 0.15) is 5.69 Å². The van der Waals surface area contributed by atoms with Gasteiger partial charge in [0.25, 0.3) is 0 Å². The Hall–Kier alpha value is -1.86. The molecule has 1 aromatic heterocycles. The second-order valence-electron chi connectivity index (χ2n) is 5.07. The molecule has 3 rings (SSSR count). The van der Waals surface area contributed by atoms with E-state index in [1.807, 2.05) is 28.7 Å². The Bertz CT molecular complexity index is 934. The van der Waals surface area contributed by atoms with Gasteiger partial charge in [-0.25, -0.2) is 4.79 Å². The first-order chi connectivity index (χ1) is 11.5. The smallest absolute Gasteiger partial charge is 0.355 e. The molecule has 0 aliphatic rings. The molecule has 0 unspecified atom stereocenters. The van der Waals surface area contributed by atoms with Crippen LogP contribution < -0.4 is 0 Å². The molecular weight excluding hydrogens is 441 g/mol. The number of carbonyl (C=O) groups excluding carboxylic acids is 2. The van der Waals surface area contributed by atoms with Crippen LogP contribution in [0.5, 0.6) is 0 Å². The van der Waals surface area contributed by atoms with Crippen molar-refractivity contribution in [2.45, 2.75) is 6.92 Å². The topological polar surface area (TPSA) is 59.2 Å². The molecule has 0 radical (unpaired) electrons. The number of carbonyl (C=O) groups is 2. The highest BCUT2D eigenvalue weighted by molar-refractivity contribution is 14.1. The first-order valence-corrected chi connectivity index (χ1v) is 8.76. The van der Waals surface area contributed by atoms with Gasteiger partial charge >= 0.3 is 5.97 Å². The van der Waals surface area contributed by atoms with Gasteiger partial charge in [-0.15, -0.1) is 0 Å². The predicted octanol–water partition coefficient (Wildman–Crippen LogP) is 4.83. The molecule has 122 valence electrons. The summed E-state index contributed by atoms with van der Waals surface area (Å²) >= 11 is 8.36. The van der Waals surface area contributed by atoms with Crippen LogP contribution in [0, 0.1) is 3.57 Å². The molecule has 1 N–H and O–H groups in total. The highest BCUT2D eigenvalue weighted by Crippen LogP contribution is 2.33. The van der Waals surface area contributed by atoms with Gasteiger partial charge in [-0.3, -0.25) is 4.79 Å². The standard InChI is InChI=1S/C18H13ClINO3/c1-2-24-18(23)16-15(20)14-12(21-16)9-8-11(19)13(14)17(22)10-6-4-3-5-7-10/h3-9,21H,2H2,1H3. The lowest BCUT2D eigenvalue weighted by Crippen LogP contribution is -2.07. The summed E-state index contributed by atoms with van der Waals surface area (Å²) in [7, 11) is 0. The molecule has 0 saturated heterocycles. The highest BCUT2D eigenvalue weighted by atomic mass is 127. The molecule has 0 aliphatic carbocycles. The van der Waals surface area contributed by atoms with Gasteiger partial charge < -0.3 is 9.72 Å². The van der Waals surface area contributed by atoms with Crippen molar-refractivity contribution < 1.29 is 14.3 Å². The molecule has 0 saturated carbocycles. The quantitative estimate of drug-likeness (QED) is 0.350. The largest absolute Gasteiger partial charge is 0.461 e. The normalized spacial score (nSPS) is 10.8. The van der Waals surface area contributed by atoms with Crippen molar-refractivity contribution in [2.75, 3.05) is 6.61 Å². The summed E-state index contributed by atoms with van der Waals surface area (Å²) in [6, 6.07) is 12.3. The molecule has 0 amide bonds. The second-order valence-corrected chi connectivity index (χ2v) is 6.56. The van der Waals surface area contributed by atoms with Crippen LogP contribution in [-0.2, 0) is 4.74 Å². The summed E-state index contributed by atoms with van der Waals surface area (Å²) in [6.07, 6.45) is 0. The van der Waals surface area contributed by atoms with Crippen LogP contribution in [0.3, 0.4) is 0 Å². The van der Waals surface area contributed by atoms with Crippen LogP contribution in [0.4, 0.5) is 0 Å². The van der Waals surface area contributed by atoms with E-state index in [9.17, 15) is 9.59 Å². The number of benzene rings is 2. The van der Waals surface area contributed by atoms with Crippen molar-refractivity contribution in [3.05, 3.63) is 67.9 Å². The number of rotatable bonds is 4. The molecule has 0 fully saturated rings. The van der Waals surface area contributed by atoms with E-state index in [1.165, 1.54) is 0 Å². The molecule has 24 heavy (non-hydrogen) atoms. The molecule has 6 heteroatoms. The molecule has 0 bridgehead atoms. The Morgan fingerprint density at radius 2 is 1.88 bits per heavy atom. The maximum absolute atomic E-state index is 12.9. The van der Waals surface area contributed by atoms with E-state index in [4.69, 9.17) is 16.3 Å². The maximum Gasteiger partial charge on any atom is 0.355 e. The van der Waals surface area contributed by atoms with Crippen LogP contribution in [0.15, 0.2) is 42.5 Å². The molecule has 4 nitrogen and oxygen atoms in total. The lowest BCUT2D eigenvalue weighted by molar-refractivity contribution is 0.0519. The fourth-order valence-corrected chi connectivity index (χ4v) is 3.68. The van der Waals surface area contributed by atoms with E-state index in [2.05, 4.69) is 4.98 Å². The van der Waals surface area contributed by atoms with Crippen molar-refractivity contribution in [3.63, 3.8) is 0 Å². The van der Waals surface area contributed by atoms with Crippen LogP contribution in [0.25, 0.3) is 10.9 Å². The fraction of sp³-hybridized carbons (Fsp3) is 0.111. The van der Waals surface area contributed by atoms with Gasteiger partial charge in [0.2, 0.25) is 0 Å². The van der Waals surface area contributed by atoms with E-state index in [-0.39, 0.29) is 12.4 Å². The van der Waals surface area contributed by atoms with Gasteiger partial charge in [-0.1, -0.05) is 41.9 Å². The third kappa shape index (κ3) is 2.93. The van der Waals surface area contributed by atoms with Crippen molar-refractivity contribution >= 4 is 56.8 Å². The maximum atomic E-state index is 12.9. The third-order valence-electron chi connectivity index (χ3n) is 3.60. The highest BCUT2D eigenvalue weighted by Gasteiger charge is 2.24. The van der Waals surface area contributed by atoms with Gasteiger partial charge in [0.05, 0.1) is 20.8 Å². The zero-order valence-corrected chi connectivity index (χ0v) is 15.6. The number of nitrogens with one attached hydrogen (secondary N) is 1. The lowest BCUT2D eigenvalue weighted by Gasteiger charge is -2.06. The van der Waals surface area contributed by atoms with E-state index >= 15 is 0 Å². The number of aromatic amines is 1. The number of aromatic nitrogens is 1. The van der Waals surface area contributed by atoms with E-state index in [0.29, 0.717) is 36.3 Å². The van der Waals surface area contributed by atoms with Gasteiger partial charge in [0, 0.05) is 16.5 Å². The summed E-state index contributed by atoms with van der Waals surface area (Å²) in [5.74, 6) is -0.633. The number of esters is 1. The third-order valence-corrected chi connectivity index (χ3v) is 4.99. The molecule has 0 spiro atoms. The molecule has 1 heterocycles.